The highest BCUT2D eigenvalue weighted by Crippen LogP contribution is 2.28. The smallest absolute Gasteiger partial charge is 0.152 e. The maximum atomic E-state index is 11.8. The lowest BCUT2D eigenvalue weighted by Crippen LogP contribution is -2.22. The molecule has 8 heteroatoms. The number of aromatic carboxylic acids is 1. The van der Waals surface area contributed by atoms with E-state index >= 15 is 0 Å². The van der Waals surface area contributed by atoms with Gasteiger partial charge >= 0.3 is 0 Å². The van der Waals surface area contributed by atoms with E-state index in [4.69, 9.17) is 0 Å². The molecule has 1 saturated heterocycles. The average molecular weight is 410 g/mol. The molecule has 1 aromatic carbocycles. The molecule has 150 valence electrons. The number of carboxylic acids is 1. The Bertz CT molecular complexity index is 1260. The lowest BCUT2D eigenvalue weighted by molar-refractivity contribution is -0.254. The summed E-state index contributed by atoms with van der Waals surface area (Å²) >= 11 is 0. The van der Waals surface area contributed by atoms with Crippen molar-refractivity contribution < 1.29 is 18.3 Å². The second kappa shape index (κ2) is 7.11. The molecule has 1 aliphatic heterocycles. The van der Waals surface area contributed by atoms with Crippen LogP contribution in [0.3, 0.4) is 0 Å². The van der Waals surface area contributed by atoms with Crippen molar-refractivity contribution >= 4 is 38.9 Å². The molecule has 3 heterocycles. The molecular formula is C21H20N3O4S-. The van der Waals surface area contributed by atoms with Gasteiger partial charge in [0.1, 0.15) is 0 Å². The van der Waals surface area contributed by atoms with E-state index in [1.165, 1.54) is 6.07 Å². The summed E-state index contributed by atoms with van der Waals surface area (Å²) in [5.74, 6) is -0.950. The Hall–Kier alpha value is -3.00. The number of rotatable bonds is 4. The van der Waals surface area contributed by atoms with E-state index in [9.17, 15) is 18.3 Å². The summed E-state index contributed by atoms with van der Waals surface area (Å²) in [5, 5.41) is 16.6. The summed E-state index contributed by atoms with van der Waals surface area (Å²) < 4.78 is 25.4. The molecule has 1 fully saturated rings. The second-order valence-electron chi connectivity index (χ2n) is 7.32. The molecule has 0 spiro atoms. The van der Waals surface area contributed by atoms with Crippen LogP contribution in [0.15, 0.2) is 30.3 Å². The van der Waals surface area contributed by atoms with Gasteiger partial charge in [-0.05, 0) is 44.6 Å². The summed E-state index contributed by atoms with van der Waals surface area (Å²) in [6.07, 6.45) is 4.15. The number of pyridine rings is 1. The number of aromatic nitrogens is 3. The third kappa shape index (κ3) is 3.67. The molecule has 0 saturated carbocycles. The van der Waals surface area contributed by atoms with Gasteiger partial charge in [-0.3, -0.25) is 4.68 Å². The van der Waals surface area contributed by atoms with Crippen molar-refractivity contribution in [3.8, 4) is 0 Å². The van der Waals surface area contributed by atoms with E-state index in [-0.39, 0.29) is 23.1 Å². The first-order valence-electron chi connectivity index (χ1n) is 9.30. The zero-order chi connectivity index (χ0) is 20.8. The lowest BCUT2D eigenvalue weighted by Gasteiger charge is -2.11. The first-order chi connectivity index (χ1) is 13.7. The maximum absolute atomic E-state index is 11.8. The number of fused-ring (bicyclic) bond motifs is 1. The summed E-state index contributed by atoms with van der Waals surface area (Å²) in [6, 6.07) is 8.37. The first-order valence-corrected chi connectivity index (χ1v) is 11.1. The molecule has 1 atom stereocenters. The highest BCUT2D eigenvalue weighted by molar-refractivity contribution is 7.91. The minimum atomic E-state index is -3.00. The van der Waals surface area contributed by atoms with Crippen LogP contribution in [0, 0.1) is 13.8 Å². The van der Waals surface area contributed by atoms with E-state index in [2.05, 4.69) is 10.1 Å². The number of sulfone groups is 1. The van der Waals surface area contributed by atoms with Crippen LogP contribution in [-0.4, -0.2) is 40.7 Å². The Morgan fingerprint density at radius 1 is 1.24 bits per heavy atom. The van der Waals surface area contributed by atoms with Crippen LogP contribution in [0.1, 0.15) is 45.5 Å². The Morgan fingerprint density at radius 3 is 2.69 bits per heavy atom. The van der Waals surface area contributed by atoms with Crippen molar-refractivity contribution in [2.45, 2.75) is 26.3 Å². The van der Waals surface area contributed by atoms with Gasteiger partial charge in [-0.15, -0.1) is 0 Å². The van der Waals surface area contributed by atoms with Crippen LogP contribution in [0.4, 0.5) is 0 Å². The monoisotopic (exact) mass is 410 g/mol. The quantitative estimate of drug-likeness (QED) is 0.651. The van der Waals surface area contributed by atoms with E-state index < -0.39 is 15.8 Å². The summed E-state index contributed by atoms with van der Waals surface area (Å²) in [5.41, 5.74) is 3.70. The Kier molecular flexibility index (Phi) is 4.74. The van der Waals surface area contributed by atoms with Crippen molar-refractivity contribution in [3.63, 3.8) is 0 Å². The third-order valence-corrected chi connectivity index (χ3v) is 7.06. The fraction of sp³-hybridized carbons (Fsp3) is 0.286. The normalized spacial score (nSPS) is 18.6. The number of benzene rings is 1. The van der Waals surface area contributed by atoms with Crippen molar-refractivity contribution in [1.29, 1.82) is 0 Å². The van der Waals surface area contributed by atoms with Gasteiger partial charge < -0.3 is 9.90 Å². The Labute approximate surface area is 168 Å². The van der Waals surface area contributed by atoms with Crippen LogP contribution in [0.25, 0.3) is 23.1 Å². The van der Waals surface area contributed by atoms with E-state index in [0.717, 1.165) is 17.0 Å². The topological polar surface area (TPSA) is 105 Å². The molecule has 0 radical (unpaired) electrons. The number of para-hydroxylation sites is 1. The molecule has 29 heavy (non-hydrogen) atoms. The first kappa shape index (κ1) is 19.3. The highest BCUT2D eigenvalue weighted by Gasteiger charge is 2.31. The van der Waals surface area contributed by atoms with Crippen LogP contribution >= 0.6 is 0 Å². The summed E-state index contributed by atoms with van der Waals surface area (Å²) in [4.78, 5) is 16.0. The van der Waals surface area contributed by atoms with E-state index in [1.807, 2.05) is 19.9 Å². The SMILES string of the molecule is Cc1nn([C@@H]2CCS(=O)(=O)C2)c(C)c1/C=C/c1cc(C(=O)[O-])c2ccccc2n1. The van der Waals surface area contributed by atoms with Crippen LogP contribution < -0.4 is 5.11 Å². The Morgan fingerprint density at radius 2 is 2.00 bits per heavy atom. The molecule has 0 unspecified atom stereocenters. The minimum absolute atomic E-state index is 0.0931. The zero-order valence-electron chi connectivity index (χ0n) is 16.1. The van der Waals surface area contributed by atoms with Gasteiger partial charge in [-0.25, -0.2) is 13.4 Å². The summed E-state index contributed by atoms with van der Waals surface area (Å²) in [6.45, 7) is 3.78. The maximum Gasteiger partial charge on any atom is 0.152 e. The largest absolute Gasteiger partial charge is 0.545 e. The van der Waals surface area contributed by atoms with Gasteiger partial charge in [0.25, 0.3) is 0 Å². The number of hydrogen-bond donors (Lipinski definition) is 0. The molecule has 0 aliphatic carbocycles. The minimum Gasteiger partial charge on any atom is -0.545 e. The fourth-order valence-electron chi connectivity index (χ4n) is 3.86. The average Bonchev–Trinajstić information content (AvgIpc) is 3.17. The highest BCUT2D eigenvalue weighted by atomic mass is 32.2. The van der Waals surface area contributed by atoms with Crippen molar-refractivity contribution in [2.24, 2.45) is 0 Å². The number of carbonyl (C=O) groups is 1. The molecule has 0 bridgehead atoms. The van der Waals surface area contributed by atoms with Gasteiger partial charge in [0.05, 0.1) is 40.4 Å². The number of aryl methyl sites for hydroxylation is 1. The van der Waals surface area contributed by atoms with Crippen LogP contribution in [0.2, 0.25) is 0 Å². The van der Waals surface area contributed by atoms with Gasteiger partial charge in [-0.2, -0.15) is 5.10 Å². The van der Waals surface area contributed by atoms with Crippen molar-refractivity contribution in [2.75, 3.05) is 11.5 Å². The fourth-order valence-corrected chi connectivity index (χ4v) is 5.55. The van der Waals surface area contributed by atoms with Crippen molar-refractivity contribution in [3.05, 3.63) is 58.5 Å². The number of carbonyl (C=O) groups excluding carboxylic acids is 1. The number of nitrogens with zero attached hydrogens (tertiary/aromatic N) is 3. The standard InChI is InChI=1S/C21H21N3O4S/c1-13-17(14(2)24(23-13)16-9-10-29(27,28)12-16)8-7-15-11-19(21(25)26)18-5-3-4-6-20(18)22-15/h3-8,11,16H,9-10,12H2,1-2H3,(H,25,26)/p-1/b8-7+/t16-/m1/s1. The predicted octanol–water partition coefficient (Wildman–Crippen LogP) is 1.94. The second-order valence-corrected chi connectivity index (χ2v) is 9.55. The molecular weight excluding hydrogens is 390 g/mol. The number of hydrogen-bond acceptors (Lipinski definition) is 6. The molecule has 2 aromatic heterocycles. The predicted molar refractivity (Wildman–Crippen MR) is 109 cm³/mol. The van der Waals surface area contributed by atoms with Gasteiger partial charge in [0.2, 0.25) is 0 Å². The van der Waals surface area contributed by atoms with Crippen LogP contribution in [-0.2, 0) is 9.84 Å². The van der Waals surface area contributed by atoms with E-state index in [1.54, 1.807) is 35.0 Å². The number of carboxylic acid groups (broad SMARTS) is 1. The van der Waals surface area contributed by atoms with Crippen molar-refractivity contribution in [1.82, 2.24) is 14.8 Å². The molecule has 0 N–H and O–H groups in total. The molecule has 0 amide bonds. The van der Waals surface area contributed by atoms with Gasteiger partial charge in [-0.1, -0.05) is 18.2 Å². The lowest BCUT2D eigenvalue weighted by atomic mass is 10.1. The van der Waals surface area contributed by atoms with Gasteiger partial charge in [0, 0.05) is 22.2 Å². The molecule has 1 aliphatic rings. The molecule has 7 nitrogen and oxygen atoms in total. The Balaban J connectivity index is 1.71. The van der Waals surface area contributed by atoms with E-state index in [0.29, 0.717) is 23.0 Å². The zero-order valence-corrected chi connectivity index (χ0v) is 16.9. The third-order valence-electron chi connectivity index (χ3n) is 5.31. The molecule has 4 rings (SSSR count). The van der Waals surface area contributed by atoms with Gasteiger partial charge in [0.15, 0.2) is 9.84 Å². The summed E-state index contributed by atoms with van der Waals surface area (Å²) in [7, 11) is -3.00. The van der Waals surface area contributed by atoms with Crippen LogP contribution in [0.5, 0.6) is 0 Å². The molecule has 3 aromatic rings.